The van der Waals surface area contributed by atoms with Crippen LogP contribution < -0.4 is 0 Å². The van der Waals surface area contributed by atoms with Crippen molar-refractivity contribution in [1.82, 2.24) is 9.55 Å². The van der Waals surface area contributed by atoms with Crippen LogP contribution in [0.15, 0.2) is 206 Å². The average molecular weight is 711 g/mol. The molecule has 0 saturated heterocycles. The van der Waals surface area contributed by atoms with Crippen molar-refractivity contribution in [1.29, 1.82) is 0 Å². The molecular formula is C54H34N2. The zero-order valence-corrected chi connectivity index (χ0v) is 30.5. The second-order valence-corrected chi connectivity index (χ2v) is 15.0. The molecule has 2 heterocycles. The Balaban J connectivity index is 1.14. The van der Waals surface area contributed by atoms with E-state index in [4.69, 9.17) is 4.98 Å². The van der Waals surface area contributed by atoms with Gasteiger partial charge in [-0.25, -0.2) is 4.98 Å². The summed E-state index contributed by atoms with van der Waals surface area (Å²) < 4.78 is 2.44. The highest BCUT2D eigenvalue weighted by molar-refractivity contribution is 6.24. The van der Waals surface area contributed by atoms with Crippen LogP contribution in [0, 0.1) is 0 Å². The van der Waals surface area contributed by atoms with Crippen LogP contribution in [0.4, 0.5) is 0 Å². The Morgan fingerprint density at radius 2 is 0.821 bits per heavy atom. The first-order valence-corrected chi connectivity index (χ1v) is 19.4. The summed E-state index contributed by atoms with van der Waals surface area (Å²) in [6, 6.07) is 75.7. The molecule has 1 aliphatic carbocycles. The maximum Gasteiger partial charge on any atom is 0.0794 e. The van der Waals surface area contributed by atoms with E-state index in [0.717, 1.165) is 22.5 Å². The first-order chi connectivity index (χ1) is 27.8. The third kappa shape index (κ3) is 4.24. The summed E-state index contributed by atoms with van der Waals surface area (Å²) in [7, 11) is 0. The summed E-state index contributed by atoms with van der Waals surface area (Å²) in [6.07, 6.45) is 0. The molecule has 1 aliphatic rings. The van der Waals surface area contributed by atoms with Crippen LogP contribution >= 0.6 is 0 Å². The van der Waals surface area contributed by atoms with E-state index in [0.29, 0.717) is 0 Å². The van der Waals surface area contributed by atoms with E-state index in [2.05, 4.69) is 211 Å². The van der Waals surface area contributed by atoms with Crippen molar-refractivity contribution in [2.24, 2.45) is 0 Å². The lowest BCUT2D eigenvalue weighted by Gasteiger charge is -2.34. The van der Waals surface area contributed by atoms with E-state index in [1.807, 2.05) is 0 Å². The van der Waals surface area contributed by atoms with Gasteiger partial charge in [0, 0.05) is 32.8 Å². The van der Waals surface area contributed by atoms with Gasteiger partial charge in [-0.15, -0.1) is 0 Å². The first kappa shape index (κ1) is 31.1. The number of rotatable bonds is 4. The van der Waals surface area contributed by atoms with Crippen LogP contribution in [-0.2, 0) is 5.41 Å². The highest BCUT2D eigenvalue weighted by Crippen LogP contribution is 2.57. The number of fused-ring (bicyclic) bond motifs is 12. The van der Waals surface area contributed by atoms with Crippen LogP contribution in [0.3, 0.4) is 0 Å². The first-order valence-electron chi connectivity index (χ1n) is 19.4. The fourth-order valence-electron chi connectivity index (χ4n) is 9.90. The minimum atomic E-state index is -0.572. The lowest BCUT2D eigenvalue weighted by atomic mass is 9.67. The Morgan fingerprint density at radius 1 is 0.357 bits per heavy atom. The molecule has 11 aromatic rings. The molecule has 0 spiro atoms. The van der Waals surface area contributed by atoms with Crippen molar-refractivity contribution in [2.75, 3.05) is 0 Å². The Kier molecular flexibility index (Phi) is 6.58. The SMILES string of the molecule is c1ccc(C2(c3ccccc3)c3cc(-c4ccc5c6ccccc6c6ccccc6c5n4)ccc3-c3ccc(-n4c5ccccc5c5ccccc54)cc32)cc1. The number of nitrogens with zero attached hydrogens (tertiary/aromatic N) is 2. The van der Waals surface area contributed by atoms with Crippen molar-refractivity contribution in [3.05, 3.63) is 229 Å². The maximum atomic E-state index is 5.49. The third-order valence-corrected chi connectivity index (χ3v) is 12.3. The van der Waals surface area contributed by atoms with Gasteiger partial charge >= 0.3 is 0 Å². The van der Waals surface area contributed by atoms with Crippen LogP contribution in [-0.4, -0.2) is 9.55 Å². The molecule has 0 N–H and O–H groups in total. The second kappa shape index (κ2) is 11.9. The van der Waals surface area contributed by atoms with Gasteiger partial charge in [-0.1, -0.05) is 164 Å². The molecule has 12 rings (SSSR count). The summed E-state index contributed by atoms with van der Waals surface area (Å²) in [6.45, 7) is 0. The molecule has 260 valence electrons. The minimum Gasteiger partial charge on any atom is -0.309 e. The number of benzene rings is 9. The topological polar surface area (TPSA) is 17.8 Å². The number of hydrogen-bond acceptors (Lipinski definition) is 1. The average Bonchev–Trinajstić information content (AvgIpc) is 3.77. The summed E-state index contributed by atoms with van der Waals surface area (Å²) in [5.41, 5.74) is 13.7. The van der Waals surface area contributed by atoms with Crippen molar-refractivity contribution in [3.8, 4) is 28.1 Å². The van der Waals surface area contributed by atoms with E-state index in [-0.39, 0.29) is 0 Å². The van der Waals surface area contributed by atoms with E-state index in [1.54, 1.807) is 0 Å². The van der Waals surface area contributed by atoms with E-state index >= 15 is 0 Å². The van der Waals surface area contributed by atoms with Crippen molar-refractivity contribution in [2.45, 2.75) is 5.41 Å². The molecule has 0 fully saturated rings. The molecule has 0 radical (unpaired) electrons. The second-order valence-electron chi connectivity index (χ2n) is 15.0. The minimum absolute atomic E-state index is 0.572. The monoisotopic (exact) mass is 710 g/mol. The number of hydrogen-bond donors (Lipinski definition) is 0. The van der Waals surface area contributed by atoms with Gasteiger partial charge in [-0.2, -0.15) is 0 Å². The molecule has 0 amide bonds. The molecule has 0 aliphatic heterocycles. The Bertz CT molecular complexity index is 3230. The van der Waals surface area contributed by atoms with Gasteiger partial charge in [0.1, 0.15) is 0 Å². The molecule has 0 bridgehead atoms. The molecule has 56 heavy (non-hydrogen) atoms. The lowest BCUT2D eigenvalue weighted by Crippen LogP contribution is -2.28. The summed E-state index contributed by atoms with van der Waals surface area (Å²) >= 11 is 0. The smallest absolute Gasteiger partial charge is 0.0794 e. The van der Waals surface area contributed by atoms with Gasteiger partial charge in [0.25, 0.3) is 0 Å². The number of para-hydroxylation sites is 2. The zero-order valence-electron chi connectivity index (χ0n) is 30.5. The Morgan fingerprint density at radius 3 is 1.43 bits per heavy atom. The third-order valence-electron chi connectivity index (χ3n) is 12.3. The molecule has 0 saturated carbocycles. The lowest BCUT2D eigenvalue weighted by molar-refractivity contribution is 0.768. The van der Waals surface area contributed by atoms with Crippen LogP contribution in [0.5, 0.6) is 0 Å². The molecule has 0 unspecified atom stereocenters. The van der Waals surface area contributed by atoms with E-state index in [9.17, 15) is 0 Å². The summed E-state index contributed by atoms with van der Waals surface area (Å²) in [5, 5.41) is 8.60. The predicted molar refractivity (Wildman–Crippen MR) is 234 cm³/mol. The van der Waals surface area contributed by atoms with Gasteiger partial charge in [-0.3, -0.25) is 0 Å². The summed E-state index contributed by atoms with van der Waals surface area (Å²) in [5.74, 6) is 0. The maximum absolute atomic E-state index is 5.49. The normalized spacial score (nSPS) is 13.1. The largest absolute Gasteiger partial charge is 0.309 e. The Labute approximate surface area is 324 Å². The molecule has 2 nitrogen and oxygen atoms in total. The quantitative estimate of drug-likeness (QED) is 0.166. The fourth-order valence-corrected chi connectivity index (χ4v) is 9.90. The van der Waals surface area contributed by atoms with Gasteiger partial charge in [0.05, 0.1) is 27.7 Å². The standard InChI is InChI=1S/C54H34N2/c1-3-15-36(16-4-1)54(37-17-5-2-6-18-37)48-33-35(50-32-31-47-41-21-8-7-19-39(41)40-20-9-10-24-46(40)53(47)55-50)27-29-42(48)43-30-28-38(34-49(43)54)56-51-25-13-11-22-44(51)45-23-12-14-26-52(45)56/h1-34H. The molecule has 2 heteroatoms. The van der Waals surface area contributed by atoms with Gasteiger partial charge in [0.2, 0.25) is 0 Å². The molecular weight excluding hydrogens is 677 g/mol. The van der Waals surface area contributed by atoms with Crippen molar-refractivity contribution >= 4 is 54.3 Å². The van der Waals surface area contributed by atoms with E-state index in [1.165, 1.54) is 82.1 Å². The van der Waals surface area contributed by atoms with Gasteiger partial charge in [0.15, 0.2) is 0 Å². The Hall–Kier alpha value is -7.29. The van der Waals surface area contributed by atoms with Gasteiger partial charge < -0.3 is 4.57 Å². The van der Waals surface area contributed by atoms with Gasteiger partial charge in [-0.05, 0) is 92.0 Å². The molecule has 2 aromatic heterocycles. The molecule has 9 aromatic carbocycles. The van der Waals surface area contributed by atoms with E-state index < -0.39 is 5.41 Å². The summed E-state index contributed by atoms with van der Waals surface area (Å²) in [4.78, 5) is 5.49. The van der Waals surface area contributed by atoms with Crippen LogP contribution in [0.25, 0.3) is 82.3 Å². The van der Waals surface area contributed by atoms with Crippen LogP contribution in [0.2, 0.25) is 0 Å². The number of aromatic nitrogens is 2. The van der Waals surface area contributed by atoms with Crippen molar-refractivity contribution < 1.29 is 0 Å². The molecule has 0 atom stereocenters. The van der Waals surface area contributed by atoms with Crippen LogP contribution in [0.1, 0.15) is 22.3 Å². The number of pyridine rings is 1. The highest BCUT2D eigenvalue weighted by Gasteiger charge is 2.46. The predicted octanol–water partition coefficient (Wildman–Crippen LogP) is 13.7. The van der Waals surface area contributed by atoms with Crippen molar-refractivity contribution in [3.63, 3.8) is 0 Å². The fraction of sp³-hybridized carbons (Fsp3) is 0.0185. The highest BCUT2D eigenvalue weighted by atomic mass is 15.0. The zero-order chi connectivity index (χ0) is 36.8.